The second-order valence-corrected chi connectivity index (χ2v) is 8.50. The smallest absolute Gasteiger partial charge is 0.352 e. The maximum absolute atomic E-state index is 13.0. The lowest BCUT2D eigenvalue weighted by Crippen LogP contribution is -2.45. The number of amides is 1. The fourth-order valence-corrected chi connectivity index (χ4v) is 4.43. The topological polar surface area (TPSA) is 57.0 Å². The van der Waals surface area contributed by atoms with Crippen molar-refractivity contribution in [3.05, 3.63) is 54.4 Å². The van der Waals surface area contributed by atoms with Gasteiger partial charge in [0.2, 0.25) is 5.91 Å². The summed E-state index contributed by atoms with van der Waals surface area (Å²) in [5, 5.41) is 0. The van der Waals surface area contributed by atoms with Gasteiger partial charge in [-0.15, -0.1) is 0 Å². The van der Waals surface area contributed by atoms with Crippen molar-refractivity contribution in [2.24, 2.45) is 11.8 Å². The van der Waals surface area contributed by atoms with Crippen molar-refractivity contribution in [3.8, 4) is 11.5 Å². The van der Waals surface area contributed by atoms with E-state index in [1.165, 1.54) is 5.56 Å². The van der Waals surface area contributed by atoms with E-state index in [0.29, 0.717) is 11.8 Å². The highest BCUT2D eigenvalue weighted by Crippen LogP contribution is 2.24. The van der Waals surface area contributed by atoms with Crippen molar-refractivity contribution in [2.45, 2.75) is 32.2 Å². The van der Waals surface area contributed by atoms with Gasteiger partial charge in [-0.3, -0.25) is 14.7 Å². The molecule has 0 N–H and O–H groups in total. The monoisotopic (exact) mass is 422 g/mol. The second kappa shape index (κ2) is 10.5. The molecule has 0 aliphatic carbocycles. The standard InChI is InChI=1S/C25H32N3O3/c1-30-23-2-4-24(5-3-23)31-19-21-8-16-28(17-9-21)25(29)22-10-14-27(15-11-22)18-20-6-12-26-13-7-20/h2-7,12-13,19,21-22H,8-11,14-18H2,1H3/q+1. The molecule has 1 aromatic carbocycles. The van der Waals surface area contributed by atoms with E-state index in [1.807, 2.05) is 42.9 Å². The summed E-state index contributed by atoms with van der Waals surface area (Å²) >= 11 is 0. The lowest BCUT2D eigenvalue weighted by atomic mass is 9.92. The number of likely N-dealkylation sites (tertiary alicyclic amines) is 2. The number of aldehydes is 1. The molecule has 4 rings (SSSR count). The number of piperidine rings is 2. The zero-order chi connectivity index (χ0) is 21.5. The van der Waals surface area contributed by atoms with Crippen LogP contribution in [0.2, 0.25) is 0 Å². The Hall–Kier alpha value is -2.73. The first kappa shape index (κ1) is 21.5. The van der Waals surface area contributed by atoms with Gasteiger partial charge in [-0.2, -0.15) is 0 Å². The van der Waals surface area contributed by atoms with Gasteiger partial charge in [0.05, 0.1) is 13.0 Å². The predicted molar refractivity (Wildman–Crippen MR) is 120 cm³/mol. The van der Waals surface area contributed by atoms with E-state index in [4.69, 9.17) is 9.16 Å². The van der Waals surface area contributed by atoms with Crippen LogP contribution >= 0.6 is 0 Å². The molecule has 6 heteroatoms. The number of methoxy groups -OCH3 is 1. The third-order valence-corrected chi connectivity index (χ3v) is 6.40. The molecule has 2 aliphatic heterocycles. The highest BCUT2D eigenvalue weighted by molar-refractivity contribution is 5.79. The lowest BCUT2D eigenvalue weighted by molar-refractivity contribution is -0.363. The molecule has 2 aliphatic rings. The Balaban J connectivity index is 1.20. The number of carbonyl (C=O) groups excluding carboxylic acids is 2. The molecule has 31 heavy (non-hydrogen) atoms. The molecule has 6 nitrogen and oxygen atoms in total. The summed E-state index contributed by atoms with van der Waals surface area (Å²) in [6.07, 6.45) is 9.45. The van der Waals surface area contributed by atoms with Gasteiger partial charge >= 0.3 is 5.75 Å². The Morgan fingerprint density at radius 2 is 1.71 bits per heavy atom. The summed E-state index contributed by atoms with van der Waals surface area (Å²) in [6, 6.07) is 11.7. The van der Waals surface area contributed by atoms with Gasteiger partial charge in [0.15, 0.2) is 0 Å². The molecule has 0 bridgehead atoms. The molecular formula is C25H32N3O3+. The van der Waals surface area contributed by atoms with Crippen LogP contribution in [0.25, 0.3) is 0 Å². The number of ether oxygens (including phenoxy) is 1. The van der Waals surface area contributed by atoms with Crippen LogP contribution in [0.4, 0.5) is 0 Å². The molecule has 164 valence electrons. The van der Waals surface area contributed by atoms with Crippen molar-refractivity contribution >= 4 is 12.2 Å². The first-order valence-electron chi connectivity index (χ1n) is 11.3. The number of rotatable bonds is 6. The third kappa shape index (κ3) is 5.91. The minimum absolute atomic E-state index is 0.171. The number of nitrogens with zero attached hydrogens (tertiary/aromatic N) is 3. The number of pyridine rings is 1. The summed E-state index contributed by atoms with van der Waals surface area (Å²) in [5.74, 6) is 2.54. The normalized spacial score (nSPS) is 19.1. The fraction of sp³-hybridized carbons (Fsp3) is 0.480. The van der Waals surface area contributed by atoms with Crippen LogP contribution < -0.4 is 4.74 Å². The molecule has 1 amide bonds. The van der Waals surface area contributed by atoms with E-state index in [-0.39, 0.29) is 5.92 Å². The Labute approximate surface area is 184 Å². The highest BCUT2D eigenvalue weighted by atomic mass is 16.5. The molecule has 0 spiro atoms. The van der Waals surface area contributed by atoms with Crippen molar-refractivity contribution in [1.29, 1.82) is 0 Å². The molecule has 0 radical (unpaired) electrons. The quantitative estimate of drug-likeness (QED) is 0.526. The number of hydrogen-bond acceptors (Lipinski definition) is 4. The summed E-state index contributed by atoms with van der Waals surface area (Å²) < 4.78 is 11.0. The summed E-state index contributed by atoms with van der Waals surface area (Å²) in [4.78, 5) is 21.6. The van der Waals surface area contributed by atoms with Crippen LogP contribution in [-0.2, 0) is 15.8 Å². The van der Waals surface area contributed by atoms with Crippen molar-refractivity contribution in [1.82, 2.24) is 14.8 Å². The van der Waals surface area contributed by atoms with Gasteiger partial charge < -0.3 is 9.64 Å². The predicted octanol–water partition coefficient (Wildman–Crippen LogP) is 3.69. The van der Waals surface area contributed by atoms with Gasteiger partial charge in [-0.05, 0) is 68.6 Å². The molecule has 2 saturated heterocycles. The molecule has 0 atom stereocenters. The van der Waals surface area contributed by atoms with Gasteiger partial charge in [0.25, 0.3) is 6.29 Å². The molecule has 3 heterocycles. The zero-order valence-corrected chi connectivity index (χ0v) is 18.3. The van der Waals surface area contributed by atoms with Crippen LogP contribution in [0.3, 0.4) is 0 Å². The van der Waals surface area contributed by atoms with Crippen LogP contribution in [0.5, 0.6) is 11.5 Å². The fourth-order valence-electron chi connectivity index (χ4n) is 4.43. The van der Waals surface area contributed by atoms with E-state index in [9.17, 15) is 4.79 Å². The van der Waals surface area contributed by atoms with Gasteiger partial charge in [0, 0.05) is 50.1 Å². The van der Waals surface area contributed by atoms with Crippen molar-refractivity contribution < 1.29 is 14.0 Å². The average molecular weight is 423 g/mol. The second-order valence-electron chi connectivity index (χ2n) is 8.50. The summed E-state index contributed by atoms with van der Waals surface area (Å²) in [5.41, 5.74) is 1.29. The number of benzene rings is 1. The van der Waals surface area contributed by atoms with Crippen LogP contribution in [-0.4, -0.2) is 60.3 Å². The number of carbonyl (C=O) groups is 1. The van der Waals surface area contributed by atoms with Crippen molar-refractivity contribution in [3.63, 3.8) is 0 Å². The molecule has 2 aromatic rings. The van der Waals surface area contributed by atoms with Crippen LogP contribution in [0, 0.1) is 11.8 Å². The Morgan fingerprint density at radius 1 is 1.03 bits per heavy atom. The maximum Gasteiger partial charge on any atom is 0.352 e. The van der Waals surface area contributed by atoms with E-state index >= 15 is 0 Å². The molecular weight excluding hydrogens is 390 g/mol. The van der Waals surface area contributed by atoms with E-state index in [1.54, 1.807) is 7.11 Å². The Kier molecular flexibility index (Phi) is 7.30. The minimum atomic E-state index is 0.171. The largest absolute Gasteiger partial charge is 0.497 e. The Morgan fingerprint density at radius 3 is 2.35 bits per heavy atom. The minimum Gasteiger partial charge on any atom is -0.497 e. The zero-order valence-electron chi connectivity index (χ0n) is 18.3. The van der Waals surface area contributed by atoms with E-state index < -0.39 is 0 Å². The number of aromatic nitrogens is 1. The van der Waals surface area contributed by atoms with Gasteiger partial charge in [-0.1, -0.05) is 0 Å². The first-order valence-corrected chi connectivity index (χ1v) is 11.3. The molecule has 0 saturated carbocycles. The van der Waals surface area contributed by atoms with Crippen LogP contribution in [0.1, 0.15) is 31.2 Å². The van der Waals surface area contributed by atoms with Gasteiger partial charge in [-0.25, -0.2) is 4.42 Å². The summed E-state index contributed by atoms with van der Waals surface area (Å²) in [6.45, 7) is 4.56. The van der Waals surface area contributed by atoms with Gasteiger partial charge in [0.1, 0.15) is 5.75 Å². The highest BCUT2D eigenvalue weighted by Gasteiger charge is 2.31. The SMILES string of the molecule is COc1ccc([O+]=CC2CCN(C(=O)C3CCN(Cc4ccncc4)CC3)CC2)cc1. The molecule has 0 unspecified atom stereocenters. The van der Waals surface area contributed by atoms with E-state index in [2.05, 4.69) is 26.9 Å². The van der Waals surface area contributed by atoms with E-state index in [0.717, 1.165) is 69.9 Å². The maximum atomic E-state index is 13.0. The average Bonchev–Trinajstić information content (AvgIpc) is 2.84. The molecule has 1 aromatic heterocycles. The number of hydrogen-bond donors (Lipinski definition) is 0. The third-order valence-electron chi connectivity index (χ3n) is 6.40. The summed E-state index contributed by atoms with van der Waals surface area (Å²) in [7, 11) is 1.66. The lowest BCUT2D eigenvalue weighted by Gasteiger charge is -2.36. The Bertz CT molecular complexity index is 853. The van der Waals surface area contributed by atoms with Crippen molar-refractivity contribution in [2.75, 3.05) is 33.3 Å². The van der Waals surface area contributed by atoms with Crippen LogP contribution in [0.15, 0.2) is 48.8 Å². The first-order chi connectivity index (χ1) is 15.2. The molecule has 2 fully saturated rings.